The smallest absolute Gasteiger partial charge is 0.261 e. The first-order chi connectivity index (χ1) is 13.4. The first kappa shape index (κ1) is 17.5. The standard InChI is InChI=1S/C21H19ClFN3O2/c1-26-18(27)21(25-19(26)24)11-20(8-3-9-20)28-16-7-6-12(10-14(16)21)13-4-2-5-15(22)17(13)23/h2,4-7,10H,3,8-9,11H2,1H3,(H2,24,25). The van der Waals surface area contributed by atoms with Gasteiger partial charge in [0.15, 0.2) is 11.5 Å². The van der Waals surface area contributed by atoms with Gasteiger partial charge in [0.25, 0.3) is 5.91 Å². The van der Waals surface area contributed by atoms with Gasteiger partial charge >= 0.3 is 0 Å². The fourth-order valence-corrected chi connectivity index (χ4v) is 4.68. The summed E-state index contributed by atoms with van der Waals surface area (Å²) in [6, 6.07) is 10.2. The number of amides is 1. The van der Waals surface area contributed by atoms with E-state index < -0.39 is 11.4 Å². The number of halogens is 2. The van der Waals surface area contributed by atoms with Crippen LogP contribution in [0.1, 0.15) is 31.2 Å². The fourth-order valence-electron chi connectivity index (χ4n) is 4.51. The minimum Gasteiger partial charge on any atom is -0.487 e. The van der Waals surface area contributed by atoms with E-state index in [9.17, 15) is 9.18 Å². The van der Waals surface area contributed by atoms with Crippen molar-refractivity contribution in [3.8, 4) is 16.9 Å². The molecule has 1 atom stereocenters. The molecular weight excluding hydrogens is 381 g/mol. The van der Waals surface area contributed by atoms with Crippen molar-refractivity contribution >= 4 is 23.5 Å². The molecule has 2 N–H and O–H groups in total. The molecule has 2 aromatic rings. The molecule has 2 aliphatic heterocycles. The minimum atomic E-state index is -1.13. The predicted octanol–water partition coefficient (Wildman–Crippen LogP) is 3.83. The number of rotatable bonds is 1. The van der Waals surface area contributed by atoms with Crippen LogP contribution in [0.25, 0.3) is 11.1 Å². The summed E-state index contributed by atoms with van der Waals surface area (Å²) >= 11 is 5.95. The number of nitrogens with two attached hydrogens (primary N) is 1. The molecule has 1 unspecified atom stereocenters. The Morgan fingerprint density at radius 1 is 1.29 bits per heavy atom. The number of hydrogen-bond donors (Lipinski definition) is 1. The Bertz CT molecular complexity index is 1050. The number of aliphatic imine (C=N–C) groups is 1. The Labute approximate surface area is 166 Å². The molecule has 1 saturated carbocycles. The lowest BCUT2D eigenvalue weighted by Crippen LogP contribution is -2.54. The van der Waals surface area contributed by atoms with E-state index in [2.05, 4.69) is 4.99 Å². The number of ether oxygens (including phenoxy) is 1. The lowest BCUT2D eigenvalue weighted by molar-refractivity contribution is -0.136. The van der Waals surface area contributed by atoms with E-state index in [1.54, 1.807) is 37.4 Å². The highest BCUT2D eigenvalue weighted by Gasteiger charge is 2.59. The van der Waals surface area contributed by atoms with Gasteiger partial charge in [-0.15, -0.1) is 0 Å². The minimum absolute atomic E-state index is 0.0496. The summed E-state index contributed by atoms with van der Waals surface area (Å²) in [5, 5.41) is 0.0496. The van der Waals surface area contributed by atoms with Gasteiger partial charge in [-0.25, -0.2) is 9.38 Å². The zero-order valence-electron chi connectivity index (χ0n) is 15.3. The monoisotopic (exact) mass is 399 g/mol. The molecule has 2 spiro atoms. The lowest BCUT2D eigenvalue weighted by Gasteiger charge is -2.50. The molecule has 0 saturated heterocycles. The van der Waals surface area contributed by atoms with Crippen molar-refractivity contribution in [2.45, 2.75) is 36.8 Å². The van der Waals surface area contributed by atoms with E-state index in [4.69, 9.17) is 22.1 Å². The number of likely N-dealkylation sites (N-methyl/N-ethyl adjacent to an activating group) is 1. The van der Waals surface area contributed by atoms with E-state index >= 15 is 0 Å². The number of carbonyl (C=O) groups excluding carboxylic acids is 1. The Hall–Kier alpha value is -2.60. The van der Waals surface area contributed by atoms with Crippen LogP contribution in [-0.4, -0.2) is 29.4 Å². The van der Waals surface area contributed by atoms with Gasteiger partial charge in [-0.2, -0.15) is 0 Å². The summed E-state index contributed by atoms with van der Waals surface area (Å²) < 4.78 is 20.9. The highest BCUT2D eigenvalue weighted by molar-refractivity contribution is 6.31. The summed E-state index contributed by atoms with van der Waals surface area (Å²) in [5.74, 6) is 0.122. The molecule has 28 heavy (non-hydrogen) atoms. The average molecular weight is 400 g/mol. The van der Waals surface area contributed by atoms with Crippen molar-refractivity contribution in [2.24, 2.45) is 10.7 Å². The second kappa shape index (κ2) is 5.70. The molecule has 2 heterocycles. The van der Waals surface area contributed by atoms with Crippen molar-refractivity contribution in [1.29, 1.82) is 0 Å². The van der Waals surface area contributed by atoms with Crippen molar-refractivity contribution in [1.82, 2.24) is 4.90 Å². The van der Waals surface area contributed by atoms with Crippen molar-refractivity contribution < 1.29 is 13.9 Å². The third kappa shape index (κ3) is 2.24. The number of fused-ring (bicyclic) bond motifs is 2. The van der Waals surface area contributed by atoms with Gasteiger partial charge in [-0.05, 0) is 43.0 Å². The molecule has 7 heteroatoms. The van der Waals surface area contributed by atoms with E-state index in [0.29, 0.717) is 28.9 Å². The second-order valence-corrected chi connectivity index (χ2v) is 8.23. The molecule has 2 aromatic carbocycles. The zero-order chi connectivity index (χ0) is 19.7. The van der Waals surface area contributed by atoms with Crippen LogP contribution in [0.5, 0.6) is 5.75 Å². The van der Waals surface area contributed by atoms with Crippen molar-refractivity contribution in [3.63, 3.8) is 0 Å². The third-order valence-electron chi connectivity index (χ3n) is 6.16. The first-order valence-corrected chi connectivity index (χ1v) is 9.64. The molecule has 5 rings (SSSR count). The summed E-state index contributed by atoms with van der Waals surface area (Å²) in [4.78, 5) is 19.2. The van der Waals surface area contributed by atoms with Crippen LogP contribution >= 0.6 is 11.6 Å². The predicted molar refractivity (Wildman–Crippen MR) is 105 cm³/mol. The molecule has 5 nitrogen and oxygen atoms in total. The van der Waals surface area contributed by atoms with Crippen LogP contribution in [0.15, 0.2) is 41.4 Å². The normalized spacial score (nSPS) is 24.8. The highest BCUT2D eigenvalue weighted by atomic mass is 35.5. The Kier molecular flexibility index (Phi) is 3.56. The maximum absolute atomic E-state index is 14.6. The topological polar surface area (TPSA) is 67.9 Å². The number of nitrogens with zero attached hydrogens (tertiary/aromatic N) is 2. The number of guanidine groups is 1. The summed E-state index contributed by atoms with van der Waals surface area (Å²) in [5.41, 5.74) is 6.10. The van der Waals surface area contributed by atoms with Gasteiger partial charge in [-0.1, -0.05) is 29.8 Å². The van der Waals surface area contributed by atoms with Crippen LogP contribution < -0.4 is 10.5 Å². The summed E-state index contributed by atoms with van der Waals surface area (Å²) in [6.45, 7) is 0. The van der Waals surface area contributed by atoms with Crippen molar-refractivity contribution in [3.05, 3.63) is 52.8 Å². The Balaban J connectivity index is 1.72. The van der Waals surface area contributed by atoms with Gasteiger partial charge in [0.05, 0.1) is 5.02 Å². The third-order valence-corrected chi connectivity index (χ3v) is 6.46. The van der Waals surface area contributed by atoms with Crippen LogP contribution in [0, 0.1) is 5.82 Å². The Morgan fingerprint density at radius 2 is 2.07 bits per heavy atom. The summed E-state index contributed by atoms with van der Waals surface area (Å²) in [7, 11) is 1.62. The molecule has 0 aromatic heterocycles. The highest BCUT2D eigenvalue weighted by Crippen LogP contribution is 2.55. The van der Waals surface area contributed by atoms with Crippen LogP contribution in [-0.2, 0) is 10.3 Å². The van der Waals surface area contributed by atoms with Gasteiger partial charge in [0.1, 0.15) is 17.2 Å². The van der Waals surface area contributed by atoms with Crippen LogP contribution in [0.2, 0.25) is 5.02 Å². The van der Waals surface area contributed by atoms with Crippen molar-refractivity contribution in [2.75, 3.05) is 7.05 Å². The van der Waals surface area contributed by atoms with Gasteiger partial charge in [0.2, 0.25) is 0 Å². The van der Waals surface area contributed by atoms with E-state index in [1.807, 2.05) is 0 Å². The molecule has 0 radical (unpaired) electrons. The van der Waals surface area contributed by atoms with Crippen LogP contribution in [0.4, 0.5) is 4.39 Å². The summed E-state index contributed by atoms with van der Waals surface area (Å²) in [6.07, 6.45) is 3.26. The van der Waals surface area contributed by atoms with Gasteiger partial charge in [0, 0.05) is 24.6 Å². The van der Waals surface area contributed by atoms with Gasteiger partial charge in [-0.3, -0.25) is 9.69 Å². The SMILES string of the molecule is CN1C(=O)C2(CC3(CCC3)Oc3ccc(-c4cccc(Cl)c4F)cc32)N=C1N. The van der Waals surface area contributed by atoms with Gasteiger partial charge < -0.3 is 10.5 Å². The van der Waals surface area contributed by atoms with Crippen LogP contribution in [0.3, 0.4) is 0 Å². The van der Waals surface area contributed by atoms with E-state index in [-0.39, 0.29) is 22.5 Å². The molecule has 0 bridgehead atoms. The Morgan fingerprint density at radius 3 is 2.71 bits per heavy atom. The molecule has 144 valence electrons. The number of hydrogen-bond acceptors (Lipinski definition) is 4. The second-order valence-electron chi connectivity index (χ2n) is 7.82. The number of carbonyl (C=O) groups is 1. The zero-order valence-corrected chi connectivity index (χ0v) is 16.1. The fraction of sp³-hybridized carbons (Fsp3) is 0.333. The van der Waals surface area contributed by atoms with E-state index in [0.717, 1.165) is 19.3 Å². The maximum Gasteiger partial charge on any atom is 0.261 e. The first-order valence-electron chi connectivity index (χ1n) is 9.27. The molecular formula is C21H19ClFN3O2. The number of benzene rings is 2. The molecule has 1 aliphatic carbocycles. The van der Waals surface area contributed by atoms with E-state index in [1.165, 1.54) is 11.0 Å². The molecule has 1 fully saturated rings. The average Bonchev–Trinajstić information content (AvgIpc) is 2.87. The molecule has 3 aliphatic rings. The quantitative estimate of drug-likeness (QED) is 0.792. The molecule has 1 amide bonds. The largest absolute Gasteiger partial charge is 0.487 e. The lowest BCUT2D eigenvalue weighted by atomic mass is 9.67. The maximum atomic E-state index is 14.6.